The maximum absolute atomic E-state index is 3.41. The zero-order valence-electron chi connectivity index (χ0n) is 11.1. The van der Waals surface area contributed by atoms with Gasteiger partial charge < -0.3 is 5.32 Å². The molecule has 1 saturated heterocycles. The summed E-state index contributed by atoms with van der Waals surface area (Å²) in [6.07, 6.45) is 2.47. The van der Waals surface area contributed by atoms with Crippen molar-refractivity contribution in [2.45, 2.75) is 32.7 Å². The minimum Gasteiger partial charge on any atom is -0.314 e. The second-order valence-corrected chi connectivity index (χ2v) is 5.16. The van der Waals surface area contributed by atoms with Crippen molar-refractivity contribution in [3.8, 4) is 0 Å². The number of rotatable bonds is 4. The maximum Gasteiger partial charge on any atom is 0.0110 e. The van der Waals surface area contributed by atoms with Crippen LogP contribution in [-0.4, -0.2) is 37.1 Å². The standard InChI is InChI=1S/C15H24N2/c1-13-4-3-5-15(12-13)7-6-14(2)17-10-8-16-9-11-17/h3-5,12,14,16H,6-11H2,1-2H3. The van der Waals surface area contributed by atoms with Gasteiger partial charge in [-0.1, -0.05) is 29.8 Å². The van der Waals surface area contributed by atoms with E-state index in [0.717, 1.165) is 13.1 Å². The molecule has 0 saturated carbocycles. The third kappa shape index (κ3) is 3.83. The molecule has 0 radical (unpaired) electrons. The summed E-state index contributed by atoms with van der Waals surface area (Å²) in [5.74, 6) is 0. The van der Waals surface area contributed by atoms with Gasteiger partial charge in [0, 0.05) is 32.2 Å². The van der Waals surface area contributed by atoms with Gasteiger partial charge >= 0.3 is 0 Å². The van der Waals surface area contributed by atoms with E-state index in [-0.39, 0.29) is 0 Å². The average molecular weight is 232 g/mol. The molecule has 1 heterocycles. The lowest BCUT2D eigenvalue weighted by Crippen LogP contribution is -2.47. The Morgan fingerprint density at radius 3 is 2.76 bits per heavy atom. The summed E-state index contributed by atoms with van der Waals surface area (Å²) in [5.41, 5.74) is 2.85. The highest BCUT2D eigenvalue weighted by molar-refractivity contribution is 5.22. The van der Waals surface area contributed by atoms with Crippen LogP contribution in [0.3, 0.4) is 0 Å². The average Bonchev–Trinajstić information content (AvgIpc) is 2.37. The van der Waals surface area contributed by atoms with Crippen molar-refractivity contribution in [3.63, 3.8) is 0 Å². The van der Waals surface area contributed by atoms with Gasteiger partial charge in [-0.15, -0.1) is 0 Å². The first-order valence-electron chi connectivity index (χ1n) is 6.76. The molecule has 0 aromatic heterocycles. The van der Waals surface area contributed by atoms with Crippen molar-refractivity contribution in [1.82, 2.24) is 10.2 Å². The van der Waals surface area contributed by atoms with E-state index in [1.807, 2.05) is 0 Å². The molecule has 0 bridgehead atoms. The van der Waals surface area contributed by atoms with Crippen molar-refractivity contribution in [2.75, 3.05) is 26.2 Å². The maximum atomic E-state index is 3.41. The molecule has 0 amide bonds. The monoisotopic (exact) mass is 232 g/mol. The van der Waals surface area contributed by atoms with Crippen LogP contribution in [0.15, 0.2) is 24.3 Å². The third-order valence-corrected chi connectivity index (χ3v) is 3.71. The molecular formula is C15H24N2. The van der Waals surface area contributed by atoms with E-state index in [2.05, 4.69) is 48.3 Å². The topological polar surface area (TPSA) is 15.3 Å². The highest BCUT2D eigenvalue weighted by Crippen LogP contribution is 2.11. The van der Waals surface area contributed by atoms with Crippen molar-refractivity contribution in [2.24, 2.45) is 0 Å². The van der Waals surface area contributed by atoms with E-state index in [1.54, 1.807) is 0 Å². The first-order chi connectivity index (χ1) is 8.25. The molecule has 94 valence electrons. The lowest BCUT2D eigenvalue weighted by Gasteiger charge is -2.32. The predicted octanol–water partition coefficient (Wildman–Crippen LogP) is 2.22. The summed E-state index contributed by atoms with van der Waals surface area (Å²) >= 11 is 0. The molecular weight excluding hydrogens is 208 g/mol. The molecule has 1 aromatic carbocycles. The summed E-state index contributed by atoms with van der Waals surface area (Å²) in [4.78, 5) is 2.60. The van der Waals surface area contributed by atoms with E-state index in [9.17, 15) is 0 Å². The Hall–Kier alpha value is -0.860. The summed E-state index contributed by atoms with van der Waals surface area (Å²) in [5, 5.41) is 3.41. The van der Waals surface area contributed by atoms with Gasteiger partial charge in [0.25, 0.3) is 0 Å². The molecule has 1 aliphatic heterocycles. The van der Waals surface area contributed by atoms with Gasteiger partial charge in [0.15, 0.2) is 0 Å². The quantitative estimate of drug-likeness (QED) is 0.856. The first kappa shape index (κ1) is 12.6. The van der Waals surface area contributed by atoms with Crippen molar-refractivity contribution >= 4 is 0 Å². The normalized spacial score (nSPS) is 19.2. The summed E-state index contributed by atoms with van der Waals surface area (Å²) in [6.45, 7) is 9.23. The van der Waals surface area contributed by atoms with E-state index >= 15 is 0 Å². The SMILES string of the molecule is Cc1cccc(CCC(C)N2CCNCC2)c1. The molecule has 1 aromatic rings. The van der Waals surface area contributed by atoms with Gasteiger partial charge in [-0.2, -0.15) is 0 Å². The van der Waals surface area contributed by atoms with Crippen LogP contribution in [0, 0.1) is 6.92 Å². The second kappa shape index (κ2) is 6.18. The molecule has 2 heteroatoms. The smallest absolute Gasteiger partial charge is 0.0110 e. The Bertz CT molecular complexity index is 343. The zero-order chi connectivity index (χ0) is 12.1. The highest BCUT2D eigenvalue weighted by Gasteiger charge is 2.15. The fourth-order valence-electron chi connectivity index (χ4n) is 2.55. The third-order valence-electron chi connectivity index (χ3n) is 3.71. The van der Waals surface area contributed by atoms with Crippen LogP contribution in [-0.2, 0) is 6.42 Å². The summed E-state index contributed by atoms with van der Waals surface area (Å²) < 4.78 is 0. The van der Waals surface area contributed by atoms with E-state index in [0.29, 0.717) is 6.04 Å². The molecule has 1 atom stereocenters. The van der Waals surface area contributed by atoms with Gasteiger partial charge in [0.05, 0.1) is 0 Å². The van der Waals surface area contributed by atoms with Crippen LogP contribution in [0.5, 0.6) is 0 Å². The molecule has 2 nitrogen and oxygen atoms in total. The minimum absolute atomic E-state index is 0.706. The van der Waals surface area contributed by atoms with Crippen LogP contribution in [0.25, 0.3) is 0 Å². The Morgan fingerprint density at radius 1 is 1.29 bits per heavy atom. The Kier molecular flexibility index (Phi) is 4.57. The minimum atomic E-state index is 0.706. The van der Waals surface area contributed by atoms with E-state index < -0.39 is 0 Å². The second-order valence-electron chi connectivity index (χ2n) is 5.16. The van der Waals surface area contributed by atoms with Crippen LogP contribution >= 0.6 is 0 Å². The number of hydrogen-bond donors (Lipinski definition) is 1. The number of benzene rings is 1. The highest BCUT2D eigenvalue weighted by atomic mass is 15.2. The predicted molar refractivity (Wildman–Crippen MR) is 73.4 cm³/mol. The van der Waals surface area contributed by atoms with Gasteiger partial charge in [-0.05, 0) is 32.3 Å². The molecule has 2 rings (SSSR count). The Balaban J connectivity index is 1.80. The molecule has 0 aliphatic carbocycles. The molecule has 17 heavy (non-hydrogen) atoms. The number of aryl methyl sites for hydroxylation is 2. The van der Waals surface area contributed by atoms with Crippen LogP contribution in [0.2, 0.25) is 0 Å². The lowest BCUT2D eigenvalue weighted by atomic mass is 10.0. The number of hydrogen-bond acceptors (Lipinski definition) is 2. The zero-order valence-corrected chi connectivity index (χ0v) is 11.1. The van der Waals surface area contributed by atoms with Crippen molar-refractivity contribution in [1.29, 1.82) is 0 Å². The fraction of sp³-hybridized carbons (Fsp3) is 0.600. The Labute approximate surface area is 105 Å². The van der Waals surface area contributed by atoms with Gasteiger partial charge in [0.2, 0.25) is 0 Å². The fourth-order valence-corrected chi connectivity index (χ4v) is 2.55. The van der Waals surface area contributed by atoms with Gasteiger partial charge in [0.1, 0.15) is 0 Å². The Morgan fingerprint density at radius 2 is 2.06 bits per heavy atom. The number of piperazine rings is 1. The lowest BCUT2D eigenvalue weighted by molar-refractivity contribution is 0.177. The molecule has 1 unspecified atom stereocenters. The number of nitrogens with one attached hydrogen (secondary N) is 1. The number of nitrogens with zero attached hydrogens (tertiary/aromatic N) is 1. The summed E-state index contributed by atoms with van der Waals surface area (Å²) in [6, 6.07) is 9.60. The first-order valence-corrected chi connectivity index (χ1v) is 6.76. The van der Waals surface area contributed by atoms with Gasteiger partial charge in [-0.3, -0.25) is 4.90 Å². The summed E-state index contributed by atoms with van der Waals surface area (Å²) in [7, 11) is 0. The molecule has 1 fully saturated rings. The molecule has 0 spiro atoms. The molecule has 1 N–H and O–H groups in total. The van der Waals surface area contributed by atoms with Crippen LogP contribution in [0.1, 0.15) is 24.5 Å². The van der Waals surface area contributed by atoms with Crippen molar-refractivity contribution < 1.29 is 0 Å². The van der Waals surface area contributed by atoms with Crippen LogP contribution < -0.4 is 5.32 Å². The molecule has 1 aliphatic rings. The van der Waals surface area contributed by atoms with E-state index in [1.165, 1.54) is 37.1 Å². The van der Waals surface area contributed by atoms with Crippen molar-refractivity contribution in [3.05, 3.63) is 35.4 Å². The van der Waals surface area contributed by atoms with Gasteiger partial charge in [-0.25, -0.2) is 0 Å². The largest absolute Gasteiger partial charge is 0.314 e. The van der Waals surface area contributed by atoms with E-state index in [4.69, 9.17) is 0 Å². The van der Waals surface area contributed by atoms with Crippen LogP contribution in [0.4, 0.5) is 0 Å².